The number of carbonyl (C=O) groups excluding carboxylic acids is 1. The molecule has 1 saturated heterocycles. The van der Waals surface area contributed by atoms with E-state index in [-0.39, 0.29) is 18.1 Å². The minimum absolute atomic E-state index is 0.122. The molecule has 3 rings (SSSR count). The number of ether oxygens (including phenoxy) is 1. The van der Waals surface area contributed by atoms with E-state index in [1.165, 1.54) is 43.4 Å². The number of amides is 1. The van der Waals surface area contributed by atoms with Gasteiger partial charge in [0.1, 0.15) is 0 Å². The molecule has 2 atom stereocenters. The summed E-state index contributed by atoms with van der Waals surface area (Å²) in [6, 6.07) is 0. The molecular formula is C18H29N3O2S. The second-order valence-electron chi connectivity index (χ2n) is 7.35. The van der Waals surface area contributed by atoms with E-state index in [0.717, 1.165) is 30.5 Å². The predicted molar refractivity (Wildman–Crippen MR) is 97.2 cm³/mol. The first-order valence-electron chi connectivity index (χ1n) is 9.20. The van der Waals surface area contributed by atoms with Crippen molar-refractivity contribution >= 4 is 22.4 Å². The Morgan fingerprint density at radius 2 is 2.00 bits per heavy atom. The molecule has 2 unspecified atom stereocenters. The monoisotopic (exact) mass is 351 g/mol. The van der Waals surface area contributed by atoms with E-state index in [9.17, 15) is 4.79 Å². The lowest BCUT2D eigenvalue weighted by Crippen LogP contribution is -2.44. The zero-order valence-electron chi connectivity index (χ0n) is 14.8. The van der Waals surface area contributed by atoms with Gasteiger partial charge in [-0.3, -0.25) is 9.69 Å². The van der Waals surface area contributed by atoms with Crippen LogP contribution in [0.3, 0.4) is 0 Å². The third-order valence-electron chi connectivity index (χ3n) is 4.88. The molecule has 1 saturated carbocycles. The molecule has 1 aromatic heterocycles. The van der Waals surface area contributed by atoms with E-state index in [1.807, 2.05) is 0 Å². The number of nitrogens with zero attached hydrogens (tertiary/aromatic N) is 2. The molecule has 1 aromatic rings. The number of nitrogens with one attached hydrogen (secondary N) is 1. The maximum absolute atomic E-state index is 12.2. The quantitative estimate of drug-likeness (QED) is 0.879. The van der Waals surface area contributed by atoms with Gasteiger partial charge in [-0.2, -0.15) is 0 Å². The number of hydrogen-bond donors (Lipinski definition) is 1. The van der Waals surface area contributed by atoms with E-state index in [4.69, 9.17) is 4.74 Å². The van der Waals surface area contributed by atoms with E-state index >= 15 is 0 Å². The van der Waals surface area contributed by atoms with Crippen LogP contribution in [0.4, 0.5) is 5.13 Å². The van der Waals surface area contributed by atoms with Crippen LogP contribution in [0, 0.1) is 5.92 Å². The molecule has 5 nitrogen and oxygen atoms in total. The van der Waals surface area contributed by atoms with E-state index < -0.39 is 0 Å². The Bertz CT molecular complexity index is 532. The summed E-state index contributed by atoms with van der Waals surface area (Å²) in [7, 11) is 0. The Balaban J connectivity index is 1.47. The number of morpholine rings is 1. The molecule has 0 bridgehead atoms. The van der Waals surface area contributed by atoms with Crippen LogP contribution in [0.15, 0.2) is 5.38 Å². The van der Waals surface area contributed by atoms with Gasteiger partial charge in [-0.15, -0.1) is 11.3 Å². The average Bonchev–Trinajstić information content (AvgIpc) is 2.94. The highest BCUT2D eigenvalue weighted by Gasteiger charge is 2.23. The number of aromatic nitrogens is 1. The predicted octanol–water partition coefficient (Wildman–Crippen LogP) is 3.66. The van der Waals surface area contributed by atoms with Gasteiger partial charge < -0.3 is 10.1 Å². The summed E-state index contributed by atoms with van der Waals surface area (Å²) in [5.41, 5.74) is 1.04. The van der Waals surface area contributed by atoms with Crippen molar-refractivity contribution in [1.82, 2.24) is 9.88 Å². The van der Waals surface area contributed by atoms with Gasteiger partial charge in [0.2, 0.25) is 5.91 Å². The van der Waals surface area contributed by atoms with Crippen molar-refractivity contribution in [3.8, 4) is 0 Å². The van der Waals surface area contributed by atoms with Crippen molar-refractivity contribution in [2.75, 3.05) is 18.4 Å². The zero-order valence-corrected chi connectivity index (χ0v) is 15.6. The summed E-state index contributed by atoms with van der Waals surface area (Å²) in [5, 5.41) is 5.78. The van der Waals surface area contributed by atoms with E-state index in [1.54, 1.807) is 0 Å². The largest absolute Gasteiger partial charge is 0.373 e. The fraction of sp³-hybridized carbons (Fsp3) is 0.778. The molecule has 2 heterocycles. The lowest BCUT2D eigenvalue weighted by molar-refractivity contribution is -0.117. The molecule has 134 valence electrons. The topological polar surface area (TPSA) is 54.5 Å². The second kappa shape index (κ2) is 8.41. The van der Waals surface area contributed by atoms with Crippen molar-refractivity contribution in [3.63, 3.8) is 0 Å². The normalized spacial score (nSPS) is 26.4. The summed E-state index contributed by atoms with van der Waals surface area (Å²) in [6.45, 7) is 6.92. The van der Waals surface area contributed by atoms with Crippen LogP contribution in [0.2, 0.25) is 0 Å². The van der Waals surface area contributed by atoms with Crippen LogP contribution in [0.5, 0.6) is 0 Å². The van der Waals surface area contributed by atoms with Crippen LogP contribution in [-0.4, -0.2) is 41.1 Å². The highest BCUT2D eigenvalue weighted by molar-refractivity contribution is 7.13. The minimum Gasteiger partial charge on any atom is -0.373 e. The first kappa shape index (κ1) is 17.8. The van der Waals surface area contributed by atoms with Gasteiger partial charge in [0.05, 0.1) is 17.9 Å². The van der Waals surface area contributed by atoms with Gasteiger partial charge in [0.15, 0.2) is 5.13 Å². The van der Waals surface area contributed by atoms with Crippen LogP contribution >= 0.6 is 11.3 Å². The first-order chi connectivity index (χ1) is 11.6. The molecule has 0 aromatic carbocycles. The minimum atomic E-state index is 0.122. The third-order valence-corrected chi connectivity index (χ3v) is 5.68. The molecule has 1 N–H and O–H groups in total. The fourth-order valence-electron chi connectivity index (χ4n) is 3.90. The molecule has 24 heavy (non-hydrogen) atoms. The molecule has 2 fully saturated rings. The van der Waals surface area contributed by atoms with Crippen molar-refractivity contribution in [1.29, 1.82) is 0 Å². The van der Waals surface area contributed by atoms with E-state index in [2.05, 4.69) is 34.4 Å². The third kappa shape index (κ3) is 5.26. The molecule has 6 heteroatoms. The van der Waals surface area contributed by atoms with Crippen LogP contribution in [0.1, 0.15) is 58.1 Å². The standard InChI is InChI=1S/C18H29N3O2S/c1-13-9-21(10-14(2)23-13)11-16-12-24-18(19-16)20-17(22)8-15-6-4-3-5-7-15/h12-15H,3-11H2,1-2H3,(H,19,20,22). The molecular weight excluding hydrogens is 322 g/mol. The number of rotatable bonds is 5. The Morgan fingerprint density at radius 3 is 2.71 bits per heavy atom. The maximum atomic E-state index is 12.2. The number of anilines is 1. The van der Waals surface area contributed by atoms with Gasteiger partial charge in [0.25, 0.3) is 0 Å². The summed E-state index contributed by atoms with van der Waals surface area (Å²) in [6.07, 6.45) is 7.45. The highest BCUT2D eigenvalue weighted by atomic mass is 32.1. The van der Waals surface area contributed by atoms with Gasteiger partial charge in [-0.05, 0) is 32.6 Å². The van der Waals surface area contributed by atoms with Gasteiger partial charge >= 0.3 is 0 Å². The maximum Gasteiger partial charge on any atom is 0.226 e. The SMILES string of the molecule is CC1CN(Cc2csc(NC(=O)CC3CCCCC3)n2)CC(C)O1. The van der Waals surface area contributed by atoms with Gasteiger partial charge in [-0.1, -0.05) is 19.3 Å². The van der Waals surface area contributed by atoms with Gasteiger partial charge in [0, 0.05) is 31.4 Å². The molecule has 0 radical (unpaired) electrons. The molecule has 1 aliphatic carbocycles. The van der Waals surface area contributed by atoms with Crippen LogP contribution in [-0.2, 0) is 16.1 Å². The Hall–Kier alpha value is -0.980. The summed E-state index contributed by atoms with van der Waals surface area (Å²) < 4.78 is 5.77. The van der Waals surface area contributed by atoms with Crippen molar-refractivity contribution < 1.29 is 9.53 Å². The van der Waals surface area contributed by atoms with Crippen LogP contribution in [0.25, 0.3) is 0 Å². The number of carbonyl (C=O) groups is 1. The Morgan fingerprint density at radius 1 is 1.29 bits per heavy atom. The van der Waals surface area contributed by atoms with Gasteiger partial charge in [-0.25, -0.2) is 4.98 Å². The van der Waals surface area contributed by atoms with Crippen molar-refractivity contribution in [2.24, 2.45) is 5.92 Å². The molecule has 2 aliphatic rings. The Kier molecular flexibility index (Phi) is 6.25. The Labute approximate surface area is 148 Å². The molecule has 1 amide bonds. The summed E-state index contributed by atoms with van der Waals surface area (Å²) in [5.74, 6) is 0.686. The van der Waals surface area contributed by atoms with E-state index in [0.29, 0.717) is 12.3 Å². The smallest absolute Gasteiger partial charge is 0.226 e. The average molecular weight is 352 g/mol. The molecule has 1 aliphatic heterocycles. The molecule has 0 spiro atoms. The number of thiazole rings is 1. The lowest BCUT2D eigenvalue weighted by Gasteiger charge is -2.34. The zero-order chi connectivity index (χ0) is 16.9. The second-order valence-corrected chi connectivity index (χ2v) is 8.21. The van der Waals surface area contributed by atoms with Crippen molar-refractivity contribution in [2.45, 2.75) is 71.1 Å². The summed E-state index contributed by atoms with van der Waals surface area (Å²) in [4.78, 5) is 19.2. The fourth-order valence-corrected chi connectivity index (χ4v) is 4.62. The van der Waals surface area contributed by atoms with Crippen LogP contribution < -0.4 is 5.32 Å². The first-order valence-corrected chi connectivity index (χ1v) is 10.1. The lowest BCUT2D eigenvalue weighted by atomic mass is 9.87. The number of hydrogen-bond acceptors (Lipinski definition) is 5. The highest BCUT2D eigenvalue weighted by Crippen LogP contribution is 2.27. The summed E-state index contributed by atoms with van der Waals surface area (Å²) >= 11 is 1.53. The van der Waals surface area contributed by atoms with Crippen molar-refractivity contribution in [3.05, 3.63) is 11.1 Å².